The molecule has 2 amide bonds. The number of hydrogen-bond donors (Lipinski definition) is 1. The number of benzene rings is 1. The number of carbonyl (C=O) groups is 2. The van der Waals surface area contributed by atoms with Crippen LogP contribution in [-0.4, -0.2) is 56.0 Å². The predicted molar refractivity (Wildman–Crippen MR) is 110 cm³/mol. The van der Waals surface area contributed by atoms with E-state index in [1.165, 1.54) is 30.5 Å². The van der Waals surface area contributed by atoms with Gasteiger partial charge in [-0.3, -0.25) is 4.79 Å². The Morgan fingerprint density at radius 1 is 1.13 bits per heavy atom. The summed E-state index contributed by atoms with van der Waals surface area (Å²) < 4.78 is 30.3. The van der Waals surface area contributed by atoms with E-state index in [1.54, 1.807) is 24.0 Å². The summed E-state index contributed by atoms with van der Waals surface area (Å²) >= 11 is 0. The van der Waals surface area contributed by atoms with E-state index in [2.05, 4.69) is 10.3 Å². The molecule has 0 unspecified atom stereocenters. The van der Waals surface area contributed by atoms with Crippen LogP contribution >= 0.6 is 0 Å². The maximum atomic E-state index is 12.7. The lowest BCUT2D eigenvalue weighted by atomic mass is 10.0. The van der Waals surface area contributed by atoms with E-state index in [4.69, 9.17) is 4.74 Å². The largest absolute Gasteiger partial charge is 0.450 e. The number of piperidine rings is 1. The normalized spacial score (nSPS) is 14.9. The lowest BCUT2D eigenvalue weighted by Crippen LogP contribution is -2.46. The summed E-state index contributed by atoms with van der Waals surface area (Å²) in [5.41, 5.74) is 1.24. The molecule has 1 aliphatic heterocycles. The molecule has 1 saturated heterocycles. The van der Waals surface area contributed by atoms with Crippen molar-refractivity contribution in [1.82, 2.24) is 15.2 Å². The first-order valence-corrected chi connectivity index (χ1v) is 11.3. The van der Waals surface area contributed by atoms with Crippen molar-refractivity contribution in [2.75, 3.05) is 19.7 Å². The third-order valence-electron chi connectivity index (χ3n) is 4.96. The Bertz CT molecular complexity index is 996. The van der Waals surface area contributed by atoms with Crippen molar-refractivity contribution in [3.63, 3.8) is 0 Å². The minimum atomic E-state index is -3.74. The third kappa shape index (κ3) is 4.96. The Kier molecular flexibility index (Phi) is 6.71. The molecule has 0 atom stereocenters. The van der Waals surface area contributed by atoms with Crippen molar-refractivity contribution in [2.45, 2.75) is 42.7 Å². The number of likely N-dealkylation sites (tertiary alicyclic amines) is 1. The van der Waals surface area contributed by atoms with Crippen LogP contribution in [0.15, 0.2) is 52.5 Å². The molecule has 0 radical (unpaired) electrons. The van der Waals surface area contributed by atoms with Gasteiger partial charge in [0.2, 0.25) is 9.84 Å². The molecule has 0 spiro atoms. The summed E-state index contributed by atoms with van der Waals surface area (Å²) in [7, 11) is -3.74. The number of amides is 2. The molecule has 1 fully saturated rings. The predicted octanol–water partition coefficient (Wildman–Crippen LogP) is 2.57. The van der Waals surface area contributed by atoms with Crippen molar-refractivity contribution >= 4 is 21.8 Å². The van der Waals surface area contributed by atoms with Gasteiger partial charge in [0.15, 0.2) is 5.03 Å². The van der Waals surface area contributed by atoms with E-state index in [0.29, 0.717) is 32.5 Å². The molecular weight excluding hydrogens is 406 g/mol. The molecule has 1 aliphatic rings. The molecule has 160 valence electrons. The lowest BCUT2D eigenvalue weighted by molar-refractivity contribution is 0.0859. The van der Waals surface area contributed by atoms with Crippen LogP contribution in [0.5, 0.6) is 0 Å². The topological polar surface area (TPSA) is 106 Å². The Balaban J connectivity index is 1.60. The van der Waals surface area contributed by atoms with E-state index in [1.807, 2.05) is 6.92 Å². The van der Waals surface area contributed by atoms with Crippen LogP contribution in [0.25, 0.3) is 0 Å². The molecular formula is C21H25N3O5S. The second-order valence-corrected chi connectivity index (χ2v) is 9.03. The number of sulfone groups is 1. The Morgan fingerprint density at radius 2 is 1.80 bits per heavy atom. The fourth-order valence-electron chi connectivity index (χ4n) is 3.20. The fourth-order valence-corrected chi connectivity index (χ4v) is 4.38. The molecule has 30 heavy (non-hydrogen) atoms. The van der Waals surface area contributed by atoms with Crippen molar-refractivity contribution in [1.29, 1.82) is 0 Å². The summed E-state index contributed by atoms with van der Waals surface area (Å²) in [4.78, 5) is 30.0. The highest BCUT2D eigenvalue weighted by molar-refractivity contribution is 7.91. The van der Waals surface area contributed by atoms with Gasteiger partial charge in [-0.25, -0.2) is 18.2 Å². The van der Waals surface area contributed by atoms with E-state index >= 15 is 0 Å². The molecule has 1 N–H and O–H groups in total. The zero-order valence-corrected chi connectivity index (χ0v) is 17.8. The summed E-state index contributed by atoms with van der Waals surface area (Å²) in [6.07, 6.45) is 2.18. The van der Waals surface area contributed by atoms with Gasteiger partial charge in [-0.15, -0.1) is 0 Å². The standard InChI is InChI=1S/C21H25N3O5S/c1-3-29-21(26)24-12-10-17(11-13-24)23-20(25)16-6-9-19(22-14-16)30(27,28)18-7-4-15(2)5-8-18/h4-9,14,17H,3,10-13H2,1-2H3,(H,23,25). The highest BCUT2D eigenvalue weighted by atomic mass is 32.2. The highest BCUT2D eigenvalue weighted by Crippen LogP contribution is 2.20. The van der Waals surface area contributed by atoms with Gasteiger partial charge in [0, 0.05) is 25.3 Å². The zero-order valence-electron chi connectivity index (χ0n) is 17.0. The van der Waals surface area contributed by atoms with Crippen LogP contribution in [0.4, 0.5) is 4.79 Å². The Labute approximate surface area is 176 Å². The number of nitrogens with zero attached hydrogens (tertiary/aromatic N) is 2. The van der Waals surface area contributed by atoms with Crippen LogP contribution in [0, 0.1) is 6.92 Å². The molecule has 0 aliphatic carbocycles. The molecule has 3 rings (SSSR count). The van der Waals surface area contributed by atoms with Gasteiger partial charge < -0.3 is 15.0 Å². The van der Waals surface area contributed by atoms with E-state index in [-0.39, 0.29) is 33.5 Å². The van der Waals surface area contributed by atoms with Gasteiger partial charge in [-0.1, -0.05) is 17.7 Å². The van der Waals surface area contributed by atoms with E-state index in [0.717, 1.165) is 5.56 Å². The first-order chi connectivity index (χ1) is 14.3. The maximum absolute atomic E-state index is 12.7. The second kappa shape index (κ2) is 9.25. The lowest BCUT2D eigenvalue weighted by Gasteiger charge is -2.31. The number of rotatable bonds is 5. The summed E-state index contributed by atoms with van der Waals surface area (Å²) in [5, 5.41) is 2.81. The number of aromatic nitrogens is 1. The number of nitrogens with one attached hydrogen (secondary N) is 1. The van der Waals surface area contributed by atoms with Gasteiger partial charge in [0.1, 0.15) is 0 Å². The summed E-state index contributed by atoms with van der Waals surface area (Å²) in [6.45, 7) is 4.99. The van der Waals surface area contributed by atoms with E-state index in [9.17, 15) is 18.0 Å². The molecule has 1 aromatic heterocycles. The van der Waals surface area contributed by atoms with Crippen LogP contribution in [0.3, 0.4) is 0 Å². The van der Waals surface area contributed by atoms with Crippen molar-refractivity contribution in [2.24, 2.45) is 0 Å². The molecule has 9 heteroatoms. The second-order valence-electron chi connectivity index (χ2n) is 7.14. The smallest absolute Gasteiger partial charge is 0.409 e. The van der Waals surface area contributed by atoms with Crippen molar-refractivity contribution < 1.29 is 22.7 Å². The summed E-state index contributed by atoms with van der Waals surface area (Å²) in [5.74, 6) is -0.323. The van der Waals surface area contributed by atoms with Crippen molar-refractivity contribution in [3.8, 4) is 0 Å². The van der Waals surface area contributed by atoms with Gasteiger partial charge in [0.25, 0.3) is 5.91 Å². The molecule has 8 nitrogen and oxygen atoms in total. The SMILES string of the molecule is CCOC(=O)N1CCC(NC(=O)c2ccc(S(=O)(=O)c3ccc(C)cc3)nc2)CC1. The Hall–Kier alpha value is -2.94. The van der Waals surface area contributed by atoms with Crippen LogP contribution in [0.1, 0.15) is 35.7 Å². The zero-order chi connectivity index (χ0) is 21.7. The number of carbonyl (C=O) groups excluding carboxylic acids is 2. The number of pyridine rings is 1. The number of aryl methyl sites for hydroxylation is 1. The number of hydrogen-bond acceptors (Lipinski definition) is 6. The van der Waals surface area contributed by atoms with Crippen LogP contribution in [0.2, 0.25) is 0 Å². The average Bonchev–Trinajstić information content (AvgIpc) is 2.75. The molecule has 2 heterocycles. The average molecular weight is 432 g/mol. The summed E-state index contributed by atoms with van der Waals surface area (Å²) in [6, 6.07) is 9.25. The van der Waals surface area contributed by atoms with Crippen LogP contribution in [-0.2, 0) is 14.6 Å². The van der Waals surface area contributed by atoms with Gasteiger partial charge >= 0.3 is 6.09 Å². The monoisotopic (exact) mass is 431 g/mol. The molecule has 0 bridgehead atoms. The molecule has 2 aromatic rings. The third-order valence-corrected chi connectivity index (χ3v) is 6.65. The number of ether oxygens (including phenoxy) is 1. The van der Waals surface area contributed by atoms with Crippen molar-refractivity contribution in [3.05, 3.63) is 53.7 Å². The minimum absolute atomic E-state index is 0.0702. The van der Waals surface area contributed by atoms with Gasteiger partial charge in [0.05, 0.1) is 17.1 Å². The first kappa shape index (κ1) is 21.8. The highest BCUT2D eigenvalue weighted by Gasteiger charge is 2.25. The quantitative estimate of drug-likeness (QED) is 0.780. The fraction of sp³-hybridized carbons (Fsp3) is 0.381. The van der Waals surface area contributed by atoms with Gasteiger partial charge in [-0.05, 0) is 51.0 Å². The molecule has 0 saturated carbocycles. The van der Waals surface area contributed by atoms with E-state index < -0.39 is 9.84 Å². The first-order valence-electron chi connectivity index (χ1n) is 9.81. The van der Waals surface area contributed by atoms with Crippen LogP contribution < -0.4 is 5.32 Å². The molecule has 1 aromatic carbocycles. The minimum Gasteiger partial charge on any atom is -0.450 e. The Morgan fingerprint density at radius 3 is 2.37 bits per heavy atom. The maximum Gasteiger partial charge on any atom is 0.409 e. The van der Waals surface area contributed by atoms with Gasteiger partial charge in [-0.2, -0.15) is 0 Å².